The molecule has 0 spiro atoms. The van der Waals surface area contributed by atoms with Gasteiger partial charge in [0.05, 0.1) is 21.4 Å². The van der Waals surface area contributed by atoms with Gasteiger partial charge < -0.3 is 9.67 Å². The zero-order valence-electron chi connectivity index (χ0n) is 15.4. The quantitative estimate of drug-likeness (QED) is 0.367. The first kappa shape index (κ1) is 19.9. The fraction of sp³-hybridized carbons (Fsp3) is 0.0476. The number of aromatic nitrogens is 3. The molecule has 1 N–H and O–H groups in total. The van der Waals surface area contributed by atoms with Crippen LogP contribution in [-0.4, -0.2) is 31.8 Å². The van der Waals surface area contributed by atoms with E-state index in [-0.39, 0.29) is 27.8 Å². The largest absolute Gasteiger partial charge is 0.508 e. The van der Waals surface area contributed by atoms with Crippen LogP contribution in [0.5, 0.6) is 5.75 Å². The number of carbonyl (C=O) groups is 2. The predicted molar refractivity (Wildman–Crippen MR) is 114 cm³/mol. The number of pyridine rings is 2. The van der Waals surface area contributed by atoms with Crippen LogP contribution in [0.3, 0.4) is 0 Å². The Labute approximate surface area is 181 Å². The second kappa shape index (κ2) is 8.14. The number of aldehydes is 1. The molecule has 0 saturated heterocycles. The van der Waals surface area contributed by atoms with Crippen molar-refractivity contribution < 1.29 is 14.7 Å². The smallest absolute Gasteiger partial charge is 0.295 e. The maximum Gasteiger partial charge on any atom is 0.295 e. The van der Waals surface area contributed by atoms with Crippen molar-refractivity contribution in [2.24, 2.45) is 0 Å². The first-order valence-electron chi connectivity index (χ1n) is 8.79. The number of rotatable bonds is 5. The van der Waals surface area contributed by atoms with Crippen molar-refractivity contribution in [3.63, 3.8) is 0 Å². The first-order chi connectivity index (χ1) is 14.5. The molecule has 0 unspecified atom stereocenters. The Balaban J connectivity index is 1.92. The Hall–Kier alpha value is -3.42. The minimum atomic E-state index is -0.842. The number of anilines is 2. The molecule has 4 rings (SSSR count). The summed E-state index contributed by atoms with van der Waals surface area (Å²) >= 11 is 12.5. The van der Waals surface area contributed by atoms with Gasteiger partial charge in [0.2, 0.25) is 6.29 Å². The summed E-state index contributed by atoms with van der Waals surface area (Å²) in [7, 11) is 0. The van der Waals surface area contributed by atoms with Crippen molar-refractivity contribution in [3.8, 4) is 5.75 Å². The average Bonchev–Trinajstić information content (AvgIpc) is 3.08. The highest BCUT2D eigenvalue weighted by molar-refractivity contribution is 6.43. The molecule has 150 valence electrons. The fourth-order valence-electron chi connectivity index (χ4n) is 3.27. The number of aromatic hydroxyl groups is 1. The molecule has 0 bridgehead atoms. The molecule has 3 heterocycles. The van der Waals surface area contributed by atoms with Gasteiger partial charge in [0.25, 0.3) is 5.91 Å². The van der Waals surface area contributed by atoms with Gasteiger partial charge in [0.1, 0.15) is 11.4 Å². The van der Waals surface area contributed by atoms with Gasteiger partial charge >= 0.3 is 0 Å². The van der Waals surface area contributed by atoms with E-state index in [0.717, 1.165) is 10.5 Å². The third kappa shape index (κ3) is 3.60. The molecular weight excluding hydrogens is 427 g/mol. The summed E-state index contributed by atoms with van der Waals surface area (Å²) in [6, 6.07) is 10.3. The van der Waals surface area contributed by atoms with E-state index in [1.165, 1.54) is 12.4 Å². The Morgan fingerprint density at radius 2 is 1.93 bits per heavy atom. The Bertz CT molecular complexity index is 1250. The molecule has 0 fully saturated rings. The van der Waals surface area contributed by atoms with E-state index in [1.807, 2.05) is 10.6 Å². The van der Waals surface area contributed by atoms with Gasteiger partial charge in [-0.15, -0.1) is 0 Å². The summed E-state index contributed by atoms with van der Waals surface area (Å²) in [4.78, 5) is 33.6. The van der Waals surface area contributed by atoms with Crippen molar-refractivity contribution in [1.29, 1.82) is 0 Å². The van der Waals surface area contributed by atoms with Gasteiger partial charge in [-0.05, 0) is 29.8 Å². The third-order valence-corrected chi connectivity index (χ3v) is 5.04. The number of benzene rings is 1. The van der Waals surface area contributed by atoms with Crippen LogP contribution in [0, 0.1) is 0 Å². The van der Waals surface area contributed by atoms with E-state index in [2.05, 4.69) is 9.97 Å². The van der Waals surface area contributed by atoms with Gasteiger partial charge in [0, 0.05) is 36.7 Å². The summed E-state index contributed by atoms with van der Waals surface area (Å²) < 4.78 is 1.81. The summed E-state index contributed by atoms with van der Waals surface area (Å²) in [6.07, 6.45) is 6.21. The van der Waals surface area contributed by atoms with E-state index in [9.17, 15) is 14.7 Å². The van der Waals surface area contributed by atoms with Gasteiger partial charge in [-0.1, -0.05) is 35.3 Å². The molecule has 4 aromatic rings. The van der Waals surface area contributed by atoms with Crippen molar-refractivity contribution in [3.05, 3.63) is 76.8 Å². The Morgan fingerprint density at radius 3 is 2.63 bits per heavy atom. The van der Waals surface area contributed by atoms with Crippen LogP contribution >= 0.6 is 23.2 Å². The maximum atomic E-state index is 12.6. The SMILES string of the molecule is O=CC(=O)N(c1c(Cl)cncc1Cl)c1cn(Cc2cccc(O)c2)c2ncccc12. The number of phenols is 1. The van der Waals surface area contributed by atoms with E-state index in [0.29, 0.717) is 23.3 Å². The third-order valence-electron chi connectivity index (χ3n) is 4.49. The summed E-state index contributed by atoms with van der Waals surface area (Å²) in [5.41, 5.74) is 1.97. The van der Waals surface area contributed by atoms with Crippen molar-refractivity contribution in [2.45, 2.75) is 6.54 Å². The van der Waals surface area contributed by atoms with Crippen LogP contribution in [0.25, 0.3) is 11.0 Å². The zero-order valence-corrected chi connectivity index (χ0v) is 16.9. The van der Waals surface area contributed by atoms with Crippen LogP contribution in [0.4, 0.5) is 11.4 Å². The number of carbonyl (C=O) groups excluding carboxylic acids is 2. The van der Waals surface area contributed by atoms with Crippen LogP contribution < -0.4 is 4.90 Å². The fourth-order valence-corrected chi connectivity index (χ4v) is 3.81. The number of amides is 1. The van der Waals surface area contributed by atoms with Gasteiger partial charge in [-0.2, -0.15) is 0 Å². The molecule has 7 nitrogen and oxygen atoms in total. The highest BCUT2D eigenvalue weighted by Gasteiger charge is 2.26. The molecule has 1 amide bonds. The molecule has 0 radical (unpaired) electrons. The number of nitrogens with zero attached hydrogens (tertiary/aromatic N) is 4. The second-order valence-corrected chi connectivity index (χ2v) is 7.24. The van der Waals surface area contributed by atoms with Crippen molar-refractivity contribution in [1.82, 2.24) is 14.5 Å². The molecule has 0 saturated carbocycles. The summed E-state index contributed by atoms with van der Waals surface area (Å²) in [5, 5.41) is 10.6. The standard InChI is InChI=1S/C21H14Cl2N4O3/c22-16-8-24-9-17(23)20(16)27(19(30)12-28)18-11-26(21-15(18)5-2-6-25-21)10-13-3-1-4-14(29)7-13/h1-9,11-12,29H,10H2. The van der Waals surface area contributed by atoms with Crippen LogP contribution in [-0.2, 0) is 16.1 Å². The van der Waals surface area contributed by atoms with Crippen molar-refractivity contribution in [2.75, 3.05) is 4.90 Å². The zero-order chi connectivity index (χ0) is 21.3. The number of halogens is 2. The van der Waals surface area contributed by atoms with Gasteiger partial charge in [-0.3, -0.25) is 19.5 Å². The molecule has 0 aliphatic heterocycles. The second-order valence-electron chi connectivity index (χ2n) is 6.43. The van der Waals surface area contributed by atoms with E-state index in [1.54, 1.807) is 42.7 Å². The lowest BCUT2D eigenvalue weighted by molar-refractivity contribution is -0.129. The topological polar surface area (TPSA) is 88.3 Å². The maximum absolute atomic E-state index is 12.6. The number of hydrogen-bond donors (Lipinski definition) is 1. The Kier molecular flexibility index (Phi) is 5.39. The lowest BCUT2D eigenvalue weighted by Gasteiger charge is -2.21. The molecule has 30 heavy (non-hydrogen) atoms. The molecule has 0 aliphatic rings. The lowest BCUT2D eigenvalue weighted by atomic mass is 10.2. The van der Waals surface area contributed by atoms with Crippen LogP contribution in [0.2, 0.25) is 10.0 Å². The van der Waals surface area contributed by atoms with Gasteiger partial charge in [0.15, 0.2) is 0 Å². The lowest BCUT2D eigenvalue weighted by Crippen LogP contribution is -2.27. The van der Waals surface area contributed by atoms with Crippen molar-refractivity contribution >= 4 is 57.8 Å². The molecule has 0 aliphatic carbocycles. The monoisotopic (exact) mass is 440 g/mol. The number of fused-ring (bicyclic) bond motifs is 1. The van der Waals surface area contributed by atoms with Crippen LogP contribution in [0.1, 0.15) is 5.56 Å². The minimum absolute atomic E-state index is 0.121. The molecule has 0 atom stereocenters. The Morgan fingerprint density at radius 1 is 1.17 bits per heavy atom. The first-order valence-corrected chi connectivity index (χ1v) is 9.55. The van der Waals surface area contributed by atoms with E-state index < -0.39 is 5.91 Å². The van der Waals surface area contributed by atoms with Crippen LogP contribution in [0.15, 0.2) is 61.2 Å². The summed E-state index contributed by atoms with van der Waals surface area (Å²) in [6.45, 7) is 0.378. The summed E-state index contributed by atoms with van der Waals surface area (Å²) in [5.74, 6) is -0.699. The van der Waals surface area contributed by atoms with E-state index in [4.69, 9.17) is 23.2 Å². The number of hydrogen-bond acceptors (Lipinski definition) is 5. The molecule has 9 heteroatoms. The average molecular weight is 441 g/mol. The van der Waals surface area contributed by atoms with E-state index >= 15 is 0 Å². The molecule has 3 aromatic heterocycles. The highest BCUT2D eigenvalue weighted by atomic mass is 35.5. The predicted octanol–water partition coefficient (Wildman–Crippen LogP) is 4.36. The van der Waals surface area contributed by atoms with Gasteiger partial charge in [-0.25, -0.2) is 4.98 Å². The number of phenolic OH excluding ortho intramolecular Hbond substituents is 1. The molecule has 1 aromatic carbocycles. The normalized spacial score (nSPS) is 10.9. The molecular formula is C21H14Cl2N4O3. The highest BCUT2D eigenvalue weighted by Crippen LogP contribution is 2.40. The minimum Gasteiger partial charge on any atom is -0.508 e.